The normalized spacial score (nSPS) is 24.9. The quantitative estimate of drug-likeness (QED) is 0.0470. The van der Waals surface area contributed by atoms with Crippen molar-refractivity contribution in [3.05, 3.63) is 11.9 Å². The summed E-state index contributed by atoms with van der Waals surface area (Å²) in [7, 11) is 0. The van der Waals surface area contributed by atoms with Crippen molar-refractivity contribution in [1.82, 2.24) is 0 Å². The van der Waals surface area contributed by atoms with Gasteiger partial charge in [-0.3, -0.25) is 0 Å². The number of aliphatic hydroxyl groups is 5. The third-order valence-electron chi connectivity index (χ3n) is 10.3. The van der Waals surface area contributed by atoms with Crippen LogP contribution in [0.15, 0.2) is 11.9 Å². The SMILES string of the molecule is CCCCCCCCCCCCCCCC(O)C(/C=C(/F)CCCCCCCCCCC1COC1)COC1OC(CO)C(O)C(O)C1O. The molecular formula is C39H73FO8. The van der Waals surface area contributed by atoms with Crippen molar-refractivity contribution in [2.75, 3.05) is 26.4 Å². The van der Waals surface area contributed by atoms with Crippen LogP contribution in [0, 0.1) is 11.8 Å². The van der Waals surface area contributed by atoms with Crippen LogP contribution in [0.25, 0.3) is 0 Å². The molecule has 0 aliphatic carbocycles. The maximum atomic E-state index is 15.1. The molecule has 0 aromatic carbocycles. The largest absolute Gasteiger partial charge is 0.394 e. The van der Waals surface area contributed by atoms with Crippen LogP contribution in [0.5, 0.6) is 0 Å². The topological polar surface area (TPSA) is 129 Å². The van der Waals surface area contributed by atoms with Crippen LogP contribution in [0.2, 0.25) is 0 Å². The highest BCUT2D eigenvalue weighted by molar-refractivity contribution is 4.99. The summed E-state index contributed by atoms with van der Waals surface area (Å²) in [5.41, 5.74) is 0. The van der Waals surface area contributed by atoms with E-state index in [1.807, 2.05) is 0 Å². The van der Waals surface area contributed by atoms with E-state index in [1.165, 1.54) is 109 Å². The van der Waals surface area contributed by atoms with E-state index < -0.39 is 49.3 Å². The first-order valence-corrected chi connectivity index (χ1v) is 19.9. The van der Waals surface area contributed by atoms with Crippen molar-refractivity contribution < 1.29 is 44.1 Å². The predicted molar refractivity (Wildman–Crippen MR) is 189 cm³/mol. The molecule has 2 aliphatic heterocycles. The van der Waals surface area contributed by atoms with Gasteiger partial charge in [0.25, 0.3) is 0 Å². The van der Waals surface area contributed by atoms with E-state index in [9.17, 15) is 25.5 Å². The number of aliphatic hydroxyl groups excluding tert-OH is 5. The minimum absolute atomic E-state index is 0.122. The predicted octanol–water partition coefficient (Wildman–Crippen LogP) is 7.66. The summed E-state index contributed by atoms with van der Waals surface area (Å²) in [6, 6.07) is 0. The monoisotopic (exact) mass is 689 g/mol. The highest BCUT2D eigenvalue weighted by atomic mass is 19.1. The molecule has 0 aromatic rings. The van der Waals surface area contributed by atoms with Crippen molar-refractivity contribution in [2.45, 2.75) is 198 Å². The first-order chi connectivity index (χ1) is 23.4. The Morgan fingerprint density at radius 3 is 1.77 bits per heavy atom. The van der Waals surface area contributed by atoms with Crippen LogP contribution in [-0.4, -0.2) is 88.8 Å². The fourth-order valence-corrected chi connectivity index (χ4v) is 6.82. The number of hydrogen-bond acceptors (Lipinski definition) is 8. The van der Waals surface area contributed by atoms with Crippen LogP contribution in [-0.2, 0) is 14.2 Å². The first-order valence-electron chi connectivity index (χ1n) is 19.9. The highest BCUT2D eigenvalue weighted by Gasteiger charge is 2.44. The molecule has 5 N–H and O–H groups in total. The molecule has 48 heavy (non-hydrogen) atoms. The number of allylic oxidation sites excluding steroid dienone is 1. The third kappa shape index (κ3) is 19.1. The standard InChI is InChI=1S/C39H73FO8/c1-2-3-4-5-6-7-8-9-10-11-16-19-22-25-34(42)32(30-47-39-38(45)37(44)36(43)35(27-41)48-39)26-33(40)24-21-18-15-13-12-14-17-20-23-31-28-46-29-31/h26,31-32,34-39,41-45H,2-25,27-30H2,1H3/b33-26+. The lowest BCUT2D eigenvalue weighted by Gasteiger charge is -2.40. The molecule has 9 heteroatoms. The van der Waals surface area contributed by atoms with Gasteiger partial charge in [0.2, 0.25) is 0 Å². The van der Waals surface area contributed by atoms with Gasteiger partial charge in [0.05, 0.1) is 38.4 Å². The molecule has 0 saturated carbocycles. The Balaban J connectivity index is 1.70. The van der Waals surface area contributed by atoms with Crippen LogP contribution in [0.3, 0.4) is 0 Å². The molecule has 2 saturated heterocycles. The molecule has 2 rings (SSSR count). The lowest BCUT2D eigenvalue weighted by atomic mass is 9.95. The zero-order valence-corrected chi connectivity index (χ0v) is 30.3. The fraction of sp³-hybridized carbons (Fsp3) is 0.949. The van der Waals surface area contributed by atoms with E-state index in [0.29, 0.717) is 12.8 Å². The second-order valence-electron chi connectivity index (χ2n) is 14.7. The minimum atomic E-state index is -1.55. The van der Waals surface area contributed by atoms with Gasteiger partial charge in [0.1, 0.15) is 24.4 Å². The Hall–Kier alpha value is -0.650. The van der Waals surface area contributed by atoms with Crippen LogP contribution in [0.4, 0.5) is 4.39 Å². The Labute approximate surface area is 291 Å². The van der Waals surface area contributed by atoms with Crippen LogP contribution < -0.4 is 0 Å². The molecule has 0 aromatic heterocycles. The molecule has 284 valence electrons. The number of rotatable bonds is 31. The average molecular weight is 689 g/mol. The van der Waals surface area contributed by atoms with Crippen molar-refractivity contribution in [3.8, 4) is 0 Å². The van der Waals surface area contributed by atoms with Crippen molar-refractivity contribution in [1.29, 1.82) is 0 Å². The van der Waals surface area contributed by atoms with Gasteiger partial charge in [-0.25, -0.2) is 4.39 Å². The number of unbranched alkanes of at least 4 members (excludes halogenated alkanes) is 19. The van der Waals surface area contributed by atoms with Gasteiger partial charge in [-0.2, -0.15) is 0 Å². The van der Waals surface area contributed by atoms with Gasteiger partial charge >= 0.3 is 0 Å². The molecule has 2 heterocycles. The molecule has 0 spiro atoms. The number of halogens is 1. The Bertz CT molecular complexity index is 779. The van der Waals surface area contributed by atoms with Crippen LogP contribution >= 0.6 is 0 Å². The fourth-order valence-electron chi connectivity index (χ4n) is 6.82. The van der Waals surface area contributed by atoms with Gasteiger partial charge in [-0.15, -0.1) is 0 Å². The molecular weight excluding hydrogens is 615 g/mol. The molecule has 2 aliphatic rings. The Morgan fingerprint density at radius 2 is 1.25 bits per heavy atom. The van der Waals surface area contributed by atoms with Crippen molar-refractivity contribution in [3.63, 3.8) is 0 Å². The summed E-state index contributed by atoms with van der Waals surface area (Å²) >= 11 is 0. The molecule has 0 bridgehead atoms. The van der Waals surface area contributed by atoms with E-state index in [-0.39, 0.29) is 12.4 Å². The van der Waals surface area contributed by atoms with E-state index in [1.54, 1.807) is 0 Å². The first kappa shape index (κ1) is 43.5. The molecule has 0 radical (unpaired) electrons. The summed E-state index contributed by atoms with van der Waals surface area (Å²) in [6.07, 6.45) is 20.9. The van der Waals surface area contributed by atoms with E-state index >= 15 is 4.39 Å². The molecule has 0 amide bonds. The summed E-state index contributed by atoms with van der Waals surface area (Å²) in [6.45, 7) is 3.45. The van der Waals surface area contributed by atoms with Crippen molar-refractivity contribution >= 4 is 0 Å². The van der Waals surface area contributed by atoms with Gasteiger partial charge < -0.3 is 39.7 Å². The summed E-state index contributed by atoms with van der Waals surface area (Å²) < 4.78 is 31.5. The molecule has 7 unspecified atom stereocenters. The van der Waals surface area contributed by atoms with Gasteiger partial charge in [-0.1, -0.05) is 135 Å². The number of ether oxygens (including phenoxy) is 3. The Kier molecular flexibility index (Phi) is 25.4. The zero-order valence-electron chi connectivity index (χ0n) is 30.3. The summed E-state index contributed by atoms with van der Waals surface area (Å²) in [5.74, 6) is -0.143. The second-order valence-corrected chi connectivity index (χ2v) is 14.7. The second kappa shape index (κ2) is 28.0. The highest BCUT2D eigenvalue weighted by Crippen LogP contribution is 2.26. The molecule has 7 atom stereocenters. The van der Waals surface area contributed by atoms with Gasteiger partial charge in [0, 0.05) is 11.8 Å². The minimum Gasteiger partial charge on any atom is -0.394 e. The lowest BCUT2D eigenvalue weighted by molar-refractivity contribution is -0.303. The van der Waals surface area contributed by atoms with E-state index in [4.69, 9.17) is 14.2 Å². The molecule has 2 fully saturated rings. The van der Waals surface area contributed by atoms with Crippen molar-refractivity contribution in [2.24, 2.45) is 11.8 Å². The maximum absolute atomic E-state index is 15.1. The summed E-state index contributed by atoms with van der Waals surface area (Å²) in [5, 5.41) is 51.1. The van der Waals surface area contributed by atoms with Gasteiger partial charge in [0.15, 0.2) is 6.29 Å². The maximum Gasteiger partial charge on any atom is 0.186 e. The lowest BCUT2D eigenvalue weighted by Crippen LogP contribution is -2.59. The van der Waals surface area contributed by atoms with E-state index in [0.717, 1.165) is 57.7 Å². The Morgan fingerprint density at radius 1 is 0.729 bits per heavy atom. The summed E-state index contributed by atoms with van der Waals surface area (Å²) in [4.78, 5) is 0. The number of hydrogen-bond donors (Lipinski definition) is 5. The third-order valence-corrected chi connectivity index (χ3v) is 10.3. The van der Waals surface area contributed by atoms with Gasteiger partial charge in [-0.05, 0) is 31.8 Å². The zero-order chi connectivity index (χ0) is 34.8. The van der Waals surface area contributed by atoms with E-state index in [2.05, 4.69) is 6.92 Å². The smallest absolute Gasteiger partial charge is 0.186 e. The molecule has 8 nitrogen and oxygen atoms in total. The van der Waals surface area contributed by atoms with Crippen LogP contribution in [0.1, 0.15) is 161 Å². The average Bonchev–Trinajstić information content (AvgIpc) is 3.06.